The predicted molar refractivity (Wildman–Crippen MR) is 97.1 cm³/mol. The number of hydrogen-bond donors (Lipinski definition) is 1. The number of nitrogens with zero attached hydrogens (tertiary/aromatic N) is 1. The Kier molecular flexibility index (Phi) is 9.23. The molecule has 0 aromatic heterocycles. The van der Waals surface area contributed by atoms with Crippen molar-refractivity contribution >= 4 is 24.8 Å². The first kappa shape index (κ1) is 20.5. The van der Waals surface area contributed by atoms with Crippen LogP contribution in [0.4, 0.5) is 0 Å². The average molecular weight is 331 g/mol. The van der Waals surface area contributed by atoms with Crippen molar-refractivity contribution in [2.45, 2.75) is 33.2 Å². The van der Waals surface area contributed by atoms with Gasteiger partial charge in [0.25, 0.3) is 0 Å². The highest BCUT2D eigenvalue weighted by atomic mass is 35.5. The van der Waals surface area contributed by atoms with Crippen molar-refractivity contribution < 1.29 is 0 Å². The molecule has 1 saturated heterocycles. The molecule has 1 heterocycles. The van der Waals surface area contributed by atoms with Crippen molar-refractivity contribution in [1.82, 2.24) is 10.2 Å². The zero-order valence-corrected chi connectivity index (χ0v) is 14.9. The molecule has 0 saturated carbocycles. The Morgan fingerprint density at radius 3 is 2.14 bits per heavy atom. The Hall–Kier alpha value is -0.540. The normalized spacial score (nSPS) is 16.5. The summed E-state index contributed by atoms with van der Waals surface area (Å²) in [5.41, 5.74) is 5.70. The molecule has 4 heteroatoms. The van der Waals surface area contributed by atoms with Gasteiger partial charge in [-0.3, -0.25) is 4.90 Å². The minimum atomic E-state index is 0. The fraction of sp³-hybridized carbons (Fsp3) is 0.529. The molecule has 1 N–H and O–H groups in total. The molecular weight excluding hydrogens is 303 g/mol. The van der Waals surface area contributed by atoms with E-state index in [4.69, 9.17) is 0 Å². The van der Waals surface area contributed by atoms with Crippen molar-refractivity contribution in [2.75, 3.05) is 26.2 Å². The van der Waals surface area contributed by atoms with E-state index in [2.05, 4.69) is 55.8 Å². The monoisotopic (exact) mass is 330 g/mol. The molecule has 0 radical (unpaired) electrons. The van der Waals surface area contributed by atoms with E-state index in [1.165, 1.54) is 22.3 Å². The van der Waals surface area contributed by atoms with E-state index >= 15 is 0 Å². The molecule has 2 rings (SSSR count). The van der Waals surface area contributed by atoms with Crippen LogP contribution in [0.2, 0.25) is 0 Å². The van der Waals surface area contributed by atoms with Crippen LogP contribution in [0.1, 0.15) is 34.7 Å². The largest absolute Gasteiger partial charge is 0.314 e. The summed E-state index contributed by atoms with van der Waals surface area (Å²) in [4.78, 5) is 2.60. The summed E-state index contributed by atoms with van der Waals surface area (Å²) in [6.45, 7) is 15.1. The Labute approximate surface area is 141 Å². The first-order valence-electron chi connectivity index (χ1n) is 7.27. The second kappa shape index (κ2) is 9.47. The Bertz CT molecular complexity index is 431. The summed E-state index contributed by atoms with van der Waals surface area (Å²) < 4.78 is 0. The van der Waals surface area contributed by atoms with E-state index in [0.29, 0.717) is 6.04 Å². The molecule has 1 aliphatic heterocycles. The van der Waals surface area contributed by atoms with Gasteiger partial charge in [0.05, 0.1) is 0 Å². The molecule has 1 aromatic carbocycles. The third-order valence-electron chi connectivity index (χ3n) is 4.05. The lowest BCUT2D eigenvalue weighted by Gasteiger charge is -2.36. The molecule has 0 spiro atoms. The minimum absolute atomic E-state index is 0. The molecule has 1 aliphatic rings. The van der Waals surface area contributed by atoms with Crippen LogP contribution in [-0.4, -0.2) is 31.1 Å². The molecular formula is C17H28Cl2N2. The molecule has 0 amide bonds. The molecule has 120 valence electrons. The topological polar surface area (TPSA) is 15.3 Å². The lowest BCUT2D eigenvalue weighted by Crippen LogP contribution is -2.45. The van der Waals surface area contributed by atoms with Crippen molar-refractivity contribution in [3.05, 3.63) is 47.0 Å². The van der Waals surface area contributed by atoms with Gasteiger partial charge < -0.3 is 5.32 Å². The summed E-state index contributed by atoms with van der Waals surface area (Å²) in [5, 5.41) is 3.43. The number of piperazine rings is 1. The fourth-order valence-corrected chi connectivity index (χ4v) is 3.32. The maximum Gasteiger partial charge on any atom is 0.0388 e. The molecule has 0 aliphatic carbocycles. The third kappa shape index (κ3) is 5.00. The van der Waals surface area contributed by atoms with Gasteiger partial charge in [-0.05, 0) is 43.9 Å². The van der Waals surface area contributed by atoms with Gasteiger partial charge in [-0.1, -0.05) is 23.8 Å². The smallest absolute Gasteiger partial charge is 0.0388 e. The highest BCUT2D eigenvalue weighted by Gasteiger charge is 2.23. The maximum absolute atomic E-state index is 3.96. The van der Waals surface area contributed by atoms with E-state index in [9.17, 15) is 0 Å². The summed E-state index contributed by atoms with van der Waals surface area (Å²) in [7, 11) is 0. The Morgan fingerprint density at radius 1 is 1.14 bits per heavy atom. The number of nitrogens with one attached hydrogen (secondary N) is 1. The van der Waals surface area contributed by atoms with E-state index < -0.39 is 0 Å². The molecule has 21 heavy (non-hydrogen) atoms. The SMILES string of the molecule is C=CC[C@@H](c1c(C)cc(C)cc1C)N1CCNCC1.Cl.Cl. The van der Waals surface area contributed by atoms with Gasteiger partial charge in [0.15, 0.2) is 0 Å². The second-order valence-electron chi connectivity index (χ2n) is 5.64. The van der Waals surface area contributed by atoms with E-state index in [-0.39, 0.29) is 24.8 Å². The maximum atomic E-state index is 3.96. The van der Waals surface area contributed by atoms with E-state index in [1.54, 1.807) is 0 Å². The van der Waals surface area contributed by atoms with E-state index in [1.807, 2.05) is 0 Å². The van der Waals surface area contributed by atoms with Crippen LogP contribution in [0.5, 0.6) is 0 Å². The zero-order valence-electron chi connectivity index (χ0n) is 13.3. The molecule has 1 aromatic rings. The zero-order chi connectivity index (χ0) is 13.8. The van der Waals surface area contributed by atoms with Crippen LogP contribution in [-0.2, 0) is 0 Å². The van der Waals surface area contributed by atoms with Crippen LogP contribution in [0.25, 0.3) is 0 Å². The van der Waals surface area contributed by atoms with Crippen LogP contribution in [0.15, 0.2) is 24.8 Å². The van der Waals surface area contributed by atoms with Crippen molar-refractivity contribution in [3.63, 3.8) is 0 Å². The standard InChI is InChI=1S/C17H26N2.2ClH/c1-5-6-16(19-9-7-18-8-10-19)17-14(3)11-13(2)12-15(17)4;;/h5,11-12,16,18H,1,6-10H2,2-4H3;2*1H/t16-;;/m0../s1. The summed E-state index contributed by atoms with van der Waals surface area (Å²) in [6.07, 6.45) is 3.09. The third-order valence-corrected chi connectivity index (χ3v) is 4.05. The quantitative estimate of drug-likeness (QED) is 0.840. The van der Waals surface area contributed by atoms with Crippen molar-refractivity contribution in [2.24, 2.45) is 0 Å². The number of aryl methyl sites for hydroxylation is 3. The summed E-state index contributed by atoms with van der Waals surface area (Å²) in [6, 6.07) is 5.10. The molecule has 0 bridgehead atoms. The van der Waals surface area contributed by atoms with Gasteiger partial charge in [-0.15, -0.1) is 31.4 Å². The fourth-order valence-electron chi connectivity index (χ4n) is 3.32. The highest BCUT2D eigenvalue weighted by molar-refractivity contribution is 5.85. The Morgan fingerprint density at radius 2 is 1.67 bits per heavy atom. The molecule has 2 nitrogen and oxygen atoms in total. The van der Waals surface area contributed by atoms with Gasteiger partial charge >= 0.3 is 0 Å². The number of hydrogen-bond acceptors (Lipinski definition) is 2. The average Bonchev–Trinajstić information content (AvgIpc) is 2.37. The van der Waals surface area contributed by atoms with Crippen LogP contribution in [0.3, 0.4) is 0 Å². The van der Waals surface area contributed by atoms with Gasteiger partial charge in [0.1, 0.15) is 0 Å². The lowest BCUT2D eigenvalue weighted by molar-refractivity contribution is 0.173. The molecule has 0 unspecified atom stereocenters. The van der Waals surface area contributed by atoms with E-state index in [0.717, 1.165) is 32.6 Å². The minimum Gasteiger partial charge on any atom is -0.314 e. The van der Waals surface area contributed by atoms with Crippen LogP contribution in [0, 0.1) is 20.8 Å². The first-order chi connectivity index (χ1) is 9.13. The summed E-state index contributed by atoms with van der Waals surface area (Å²) in [5.74, 6) is 0. The van der Waals surface area contributed by atoms with Gasteiger partial charge in [-0.2, -0.15) is 0 Å². The van der Waals surface area contributed by atoms with Crippen LogP contribution < -0.4 is 5.32 Å². The predicted octanol–water partition coefficient (Wildman–Crippen LogP) is 3.98. The Balaban J connectivity index is 0.00000200. The molecule has 1 fully saturated rings. The van der Waals surface area contributed by atoms with Crippen molar-refractivity contribution in [1.29, 1.82) is 0 Å². The van der Waals surface area contributed by atoms with Gasteiger partial charge in [-0.25, -0.2) is 0 Å². The number of benzene rings is 1. The lowest BCUT2D eigenvalue weighted by atomic mass is 9.91. The highest BCUT2D eigenvalue weighted by Crippen LogP contribution is 2.31. The van der Waals surface area contributed by atoms with Crippen molar-refractivity contribution in [3.8, 4) is 0 Å². The first-order valence-corrected chi connectivity index (χ1v) is 7.27. The van der Waals surface area contributed by atoms with Crippen LogP contribution >= 0.6 is 24.8 Å². The number of halogens is 2. The molecule has 1 atom stereocenters. The van der Waals surface area contributed by atoms with Gasteiger partial charge in [0.2, 0.25) is 0 Å². The second-order valence-corrected chi connectivity index (χ2v) is 5.64. The number of rotatable bonds is 4. The van der Waals surface area contributed by atoms with Gasteiger partial charge in [0, 0.05) is 32.2 Å². The summed E-state index contributed by atoms with van der Waals surface area (Å²) >= 11 is 0.